The number of thiophene rings is 1. The summed E-state index contributed by atoms with van der Waals surface area (Å²) in [5, 5.41) is 11.3. The van der Waals surface area contributed by atoms with Gasteiger partial charge >= 0.3 is 0 Å². The molecule has 2 aromatic carbocycles. The van der Waals surface area contributed by atoms with Crippen LogP contribution in [0.1, 0.15) is 0 Å². The van der Waals surface area contributed by atoms with Crippen molar-refractivity contribution in [3.63, 3.8) is 0 Å². The van der Waals surface area contributed by atoms with Crippen LogP contribution in [0, 0.1) is 10.1 Å². The number of rotatable bonds is 7. The van der Waals surface area contributed by atoms with E-state index in [1.54, 1.807) is 24.3 Å². The van der Waals surface area contributed by atoms with E-state index in [2.05, 4.69) is 0 Å². The van der Waals surface area contributed by atoms with E-state index in [0.29, 0.717) is 0 Å². The molecule has 0 saturated heterocycles. The number of sulfonamides is 1. The second-order valence-corrected chi connectivity index (χ2v) is 10.2. The van der Waals surface area contributed by atoms with E-state index in [-0.39, 0.29) is 21.8 Å². The number of non-ortho nitro benzene ring substituents is 1. The summed E-state index contributed by atoms with van der Waals surface area (Å²) in [5.41, 5.74) is -0.228. The van der Waals surface area contributed by atoms with Crippen LogP contribution in [0.3, 0.4) is 0 Å². The highest BCUT2D eigenvalue weighted by molar-refractivity contribution is 7.92. The van der Waals surface area contributed by atoms with E-state index in [1.165, 1.54) is 6.07 Å². The summed E-state index contributed by atoms with van der Waals surface area (Å²) < 4.78 is 44.2. The van der Waals surface area contributed by atoms with Gasteiger partial charge in [0.25, 0.3) is 15.7 Å². The maximum absolute atomic E-state index is 12.3. The van der Waals surface area contributed by atoms with Gasteiger partial charge in [-0.15, -0.1) is 11.3 Å². The van der Waals surface area contributed by atoms with Crippen molar-refractivity contribution in [3.05, 3.63) is 64.7 Å². The molecule has 5 N–H and O–H groups in total. The van der Waals surface area contributed by atoms with Gasteiger partial charge in [0.1, 0.15) is 9.96 Å². The Morgan fingerprint density at radius 3 is 2.39 bits per heavy atom. The maximum atomic E-state index is 12.3. The van der Waals surface area contributed by atoms with E-state index in [1.807, 2.05) is 4.72 Å². The van der Waals surface area contributed by atoms with Gasteiger partial charge < -0.3 is 15.6 Å². The molecule has 28 heavy (non-hydrogen) atoms. The predicted molar refractivity (Wildman–Crippen MR) is 104 cm³/mol. The SMILES string of the molecule is O=[N+]([O-])c1ccc(OP(=O)([O-])CNS(=O)(=O)c2cc3ccccc3s2)cc1.[NH4+]. The zero-order valence-corrected chi connectivity index (χ0v) is 17.0. The summed E-state index contributed by atoms with van der Waals surface area (Å²) in [7, 11) is -8.65. The first-order valence-electron chi connectivity index (χ1n) is 7.39. The molecule has 0 spiro atoms. The number of nitro groups is 1. The minimum absolute atomic E-state index is 0. The minimum Gasteiger partial charge on any atom is -0.768 e. The minimum atomic E-state index is -4.61. The number of hydrogen-bond acceptors (Lipinski definition) is 8. The van der Waals surface area contributed by atoms with E-state index >= 15 is 0 Å². The number of nitrogens with zero attached hydrogens (tertiary/aromatic N) is 1. The van der Waals surface area contributed by atoms with Crippen LogP contribution < -0.4 is 20.3 Å². The van der Waals surface area contributed by atoms with E-state index in [9.17, 15) is 28.0 Å². The van der Waals surface area contributed by atoms with Crippen LogP contribution in [0.25, 0.3) is 10.1 Å². The Balaban J connectivity index is 0.00000280. The van der Waals surface area contributed by atoms with Crippen molar-refractivity contribution in [2.75, 3.05) is 6.29 Å². The Morgan fingerprint density at radius 1 is 1.14 bits per heavy atom. The highest BCUT2D eigenvalue weighted by atomic mass is 32.2. The molecule has 0 amide bonds. The lowest BCUT2D eigenvalue weighted by Gasteiger charge is -2.24. The molecule has 150 valence electrons. The van der Waals surface area contributed by atoms with Gasteiger partial charge in [-0.1, -0.05) is 18.2 Å². The van der Waals surface area contributed by atoms with Crippen LogP contribution >= 0.6 is 18.9 Å². The second kappa shape index (κ2) is 8.35. The molecule has 1 atom stereocenters. The van der Waals surface area contributed by atoms with Crippen molar-refractivity contribution in [1.82, 2.24) is 10.9 Å². The first-order valence-corrected chi connectivity index (χ1v) is 11.4. The zero-order valence-electron chi connectivity index (χ0n) is 14.5. The van der Waals surface area contributed by atoms with E-state index in [4.69, 9.17) is 4.52 Å². The average molecular weight is 445 g/mol. The first kappa shape index (κ1) is 22.0. The van der Waals surface area contributed by atoms with Crippen molar-refractivity contribution < 1.29 is 27.3 Å². The third-order valence-corrected chi connectivity index (χ3v) is 7.65. The molecule has 0 aliphatic carbocycles. The summed E-state index contributed by atoms with van der Waals surface area (Å²) in [4.78, 5) is 22.0. The topological polar surface area (TPSA) is 175 Å². The highest BCUT2D eigenvalue weighted by Gasteiger charge is 2.21. The van der Waals surface area contributed by atoms with Gasteiger partial charge in [0.05, 0.1) is 11.2 Å². The van der Waals surface area contributed by atoms with Gasteiger partial charge in [0, 0.05) is 16.8 Å². The van der Waals surface area contributed by atoms with Crippen LogP contribution in [0.5, 0.6) is 5.75 Å². The smallest absolute Gasteiger partial charge is 0.269 e. The van der Waals surface area contributed by atoms with Gasteiger partial charge in [-0.05, 0) is 29.7 Å². The number of quaternary nitrogens is 1. The molecular weight excluding hydrogens is 429 g/mol. The van der Waals surface area contributed by atoms with Crippen molar-refractivity contribution >= 4 is 44.7 Å². The molecule has 10 nitrogen and oxygen atoms in total. The molecule has 0 bridgehead atoms. The molecule has 0 saturated carbocycles. The Hall–Kier alpha value is -2.34. The third-order valence-electron chi connectivity index (χ3n) is 3.41. The maximum Gasteiger partial charge on any atom is 0.269 e. The second-order valence-electron chi connectivity index (χ2n) is 5.36. The number of benzene rings is 2. The van der Waals surface area contributed by atoms with Gasteiger partial charge in [0.15, 0.2) is 7.60 Å². The summed E-state index contributed by atoms with van der Waals surface area (Å²) in [6.07, 6.45) is -0.958. The fourth-order valence-electron chi connectivity index (χ4n) is 2.15. The number of hydrogen-bond donors (Lipinski definition) is 2. The largest absolute Gasteiger partial charge is 0.768 e. The normalized spacial score (nSPS) is 13.5. The number of fused-ring (bicyclic) bond motifs is 1. The first-order chi connectivity index (χ1) is 12.7. The fourth-order valence-corrected chi connectivity index (χ4v) is 6.07. The van der Waals surface area contributed by atoms with Crippen LogP contribution in [-0.4, -0.2) is 19.6 Å². The van der Waals surface area contributed by atoms with Crippen LogP contribution in [0.15, 0.2) is 58.8 Å². The standard InChI is InChI=1S/C15H13N2O7PS2.H3N/c18-17(19)12-5-7-13(8-6-12)24-25(20,21)10-16-27(22,23)15-9-11-3-1-2-4-14(11)26-15;/h1-9,16H,10H2,(H,20,21);1H3. The summed E-state index contributed by atoms with van der Waals surface area (Å²) in [6.45, 7) is 0. The molecule has 0 fully saturated rings. The Labute approximate surface area is 164 Å². The summed E-state index contributed by atoms with van der Waals surface area (Å²) >= 11 is 1.02. The van der Waals surface area contributed by atoms with Crippen molar-refractivity contribution in [1.29, 1.82) is 0 Å². The van der Waals surface area contributed by atoms with Crippen molar-refractivity contribution in [2.24, 2.45) is 0 Å². The fraction of sp³-hybridized carbons (Fsp3) is 0.0667. The molecule has 0 radical (unpaired) electrons. The van der Waals surface area contributed by atoms with Crippen LogP contribution in [-0.2, 0) is 14.6 Å². The molecular formula is C15H16N3O7PS2. The van der Waals surface area contributed by atoms with Gasteiger partial charge in [-0.2, -0.15) is 0 Å². The van der Waals surface area contributed by atoms with E-state index in [0.717, 1.165) is 45.7 Å². The van der Waals surface area contributed by atoms with E-state index < -0.39 is 28.8 Å². The molecule has 13 heteroatoms. The summed E-state index contributed by atoms with van der Waals surface area (Å²) in [5.74, 6) is -0.153. The molecule has 0 aliphatic rings. The van der Waals surface area contributed by atoms with Crippen LogP contribution in [0.4, 0.5) is 5.69 Å². The van der Waals surface area contributed by atoms with Crippen molar-refractivity contribution in [2.45, 2.75) is 4.21 Å². The number of nitrogens with one attached hydrogen (secondary N) is 1. The Bertz CT molecular complexity index is 1110. The quantitative estimate of drug-likeness (QED) is 0.319. The lowest BCUT2D eigenvalue weighted by atomic mass is 10.3. The zero-order chi connectivity index (χ0) is 19.7. The summed E-state index contributed by atoms with van der Waals surface area (Å²) in [6, 6.07) is 12.9. The Morgan fingerprint density at radius 2 is 1.79 bits per heavy atom. The highest BCUT2D eigenvalue weighted by Crippen LogP contribution is 2.38. The van der Waals surface area contributed by atoms with Crippen LogP contribution in [0.2, 0.25) is 0 Å². The molecule has 0 aliphatic heterocycles. The lowest BCUT2D eigenvalue weighted by Crippen LogP contribution is -2.28. The molecule has 1 heterocycles. The molecule has 1 aromatic heterocycles. The average Bonchev–Trinajstić information content (AvgIpc) is 3.05. The van der Waals surface area contributed by atoms with Crippen molar-refractivity contribution in [3.8, 4) is 5.75 Å². The third kappa shape index (κ3) is 5.13. The molecule has 3 aromatic rings. The van der Waals surface area contributed by atoms with Gasteiger partial charge in [-0.25, -0.2) is 13.1 Å². The molecule has 3 rings (SSSR count). The predicted octanol–water partition coefficient (Wildman–Crippen LogP) is 3.05. The van der Waals surface area contributed by atoms with Gasteiger partial charge in [-0.3, -0.25) is 14.7 Å². The Kier molecular flexibility index (Phi) is 6.55. The van der Waals surface area contributed by atoms with Gasteiger partial charge in [0.2, 0.25) is 0 Å². The number of nitro benzene ring substituents is 1. The lowest BCUT2D eigenvalue weighted by molar-refractivity contribution is -0.384. The monoisotopic (exact) mass is 445 g/mol. The molecule has 1 unspecified atom stereocenters.